The first-order valence-corrected chi connectivity index (χ1v) is 7.04. The topological polar surface area (TPSA) is 68.5 Å². The predicted octanol–water partition coefficient (Wildman–Crippen LogP) is 3.11. The number of anilines is 1. The number of nitrogens with one attached hydrogen (secondary N) is 1. The van der Waals surface area contributed by atoms with Gasteiger partial charge in [-0.15, -0.1) is 0 Å². The molecule has 5 nitrogen and oxygen atoms in total. The van der Waals surface area contributed by atoms with E-state index in [2.05, 4.69) is 0 Å². The summed E-state index contributed by atoms with van der Waals surface area (Å²) in [5.41, 5.74) is -1.83. The quantitative estimate of drug-likeness (QED) is 0.824. The molecular weight excluding hydrogens is 315 g/mol. The van der Waals surface area contributed by atoms with Gasteiger partial charge in [-0.25, -0.2) is 0 Å². The molecule has 0 saturated carbocycles. The van der Waals surface area contributed by atoms with Crippen LogP contribution in [-0.2, 0) is 0 Å². The van der Waals surface area contributed by atoms with E-state index in [9.17, 15) is 22.8 Å². The van der Waals surface area contributed by atoms with Crippen LogP contribution in [0.15, 0.2) is 26.3 Å². The second kappa shape index (κ2) is 6.10. The number of alkyl halides is 3. The Kier molecular flexibility index (Phi) is 4.53. The summed E-state index contributed by atoms with van der Waals surface area (Å²) in [4.78, 5) is 22.9. The van der Waals surface area contributed by atoms with Gasteiger partial charge in [0.25, 0.3) is 10.9 Å². The highest BCUT2D eigenvalue weighted by Crippen LogP contribution is 2.38. The van der Waals surface area contributed by atoms with Crippen molar-refractivity contribution in [1.29, 1.82) is 0 Å². The fourth-order valence-corrected chi connectivity index (χ4v) is 2.07. The normalized spacial score (nSPS) is 13.5. The monoisotopic (exact) mass is 331 g/mol. The zero-order valence-electron chi connectivity index (χ0n) is 12.8. The van der Waals surface area contributed by atoms with Crippen molar-refractivity contribution in [1.82, 2.24) is 0 Å². The Morgan fingerprint density at radius 3 is 2.39 bits per heavy atom. The van der Waals surface area contributed by atoms with Gasteiger partial charge < -0.3 is 14.5 Å². The lowest BCUT2D eigenvalue weighted by molar-refractivity contribution is -0.147. The van der Waals surface area contributed by atoms with Crippen molar-refractivity contribution in [2.45, 2.75) is 38.9 Å². The van der Waals surface area contributed by atoms with Gasteiger partial charge in [0.05, 0.1) is 12.9 Å². The van der Waals surface area contributed by atoms with Crippen LogP contribution in [-0.4, -0.2) is 12.8 Å². The third kappa shape index (κ3) is 3.25. The predicted molar refractivity (Wildman–Crippen MR) is 77.7 cm³/mol. The smallest absolute Gasteiger partial charge is 0.415 e. The van der Waals surface area contributed by atoms with Crippen molar-refractivity contribution in [2.75, 3.05) is 11.9 Å². The molecule has 8 heteroatoms. The number of hydrogen-bond donors (Lipinski definition) is 1. The molecule has 23 heavy (non-hydrogen) atoms. The van der Waals surface area contributed by atoms with Gasteiger partial charge in [0, 0.05) is 0 Å². The van der Waals surface area contributed by atoms with Gasteiger partial charge in [0.15, 0.2) is 11.8 Å². The van der Waals surface area contributed by atoms with Crippen LogP contribution >= 0.6 is 0 Å². The molecule has 0 spiro atoms. The Morgan fingerprint density at radius 2 is 1.91 bits per heavy atom. The molecule has 0 saturated heterocycles. The second-order valence-electron chi connectivity index (χ2n) is 5.35. The first-order chi connectivity index (χ1) is 10.7. The SMILES string of the molecule is CCOc1c(N[C@@H](c2cc(C(C)C)co2)C(F)(F)F)c(=O)c1=O. The summed E-state index contributed by atoms with van der Waals surface area (Å²) < 4.78 is 49.8. The van der Waals surface area contributed by atoms with Crippen LogP contribution in [0.4, 0.5) is 18.9 Å². The summed E-state index contributed by atoms with van der Waals surface area (Å²) in [7, 11) is 0. The highest BCUT2D eigenvalue weighted by atomic mass is 19.4. The molecule has 0 amide bonds. The second-order valence-corrected chi connectivity index (χ2v) is 5.35. The molecule has 0 aliphatic rings. The zero-order valence-corrected chi connectivity index (χ0v) is 12.8. The van der Waals surface area contributed by atoms with E-state index in [0.717, 1.165) is 0 Å². The van der Waals surface area contributed by atoms with Crippen LogP contribution in [0.1, 0.15) is 44.1 Å². The van der Waals surface area contributed by atoms with Gasteiger partial charge in [-0.1, -0.05) is 13.8 Å². The van der Waals surface area contributed by atoms with E-state index in [4.69, 9.17) is 9.15 Å². The van der Waals surface area contributed by atoms with Gasteiger partial charge >= 0.3 is 6.18 Å². The summed E-state index contributed by atoms with van der Waals surface area (Å²) in [5.74, 6) is -0.759. The molecule has 2 rings (SSSR count). The van der Waals surface area contributed by atoms with Crippen molar-refractivity contribution in [2.24, 2.45) is 0 Å². The van der Waals surface area contributed by atoms with Gasteiger partial charge in [0.1, 0.15) is 11.4 Å². The fraction of sp³-hybridized carbons (Fsp3) is 0.467. The van der Waals surface area contributed by atoms with Crippen molar-refractivity contribution < 1.29 is 22.3 Å². The highest BCUT2D eigenvalue weighted by molar-refractivity contribution is 5.62. The third-order valence-corrected chi connectivity index (χ3v) is 3.36. The molecule has 2 aromatic rings. The van der Waals surface area contributed by atoms with Gasteiger partial charge in [-0.05, 0) is 24.5 Å². The average Bonchev–Trinajstić information content (AvgIpc) is 2.94. The Bertz CT molecular complexity index is 754. The van der Waals surface area contributed by atoms with E-state index in [-0.39, 0.29) is 24.0 Å². The lowest BCUT2D eigenvalue weighted by Crippen LogP contribution is -2.39. The van der Waals surface area contributed by atoms with Crippen LogP contribution in [0.25, 0.3) is 0 Å². The summed E-state index contributed by atoms with van der Waals surface area (Å²) in [5, 5.41) is 2.04. The molecule has 0 aliphatic carbocycles. The van der Waals surface area contributed by atoms with Crippen molar-refractivity contribution in [3.05, 3.63) is 44.1 Å². The van der Waals surface area contributed by atoms with Gasteiger partial charge in [0.2, 0.25) is 0 Å². The van der Waals surface area contributed by atoms with Crippen LogP contribution in [0, 0.1) is 0 Å². The van der Waals surface area contributed by atoms with Crippen molar-refractivity contribution in [3.8, 4) is 5.75 Å². The molecule has 1 aromatic heterocycles. The van der Waals surface area contributed by atoms with E-state index < -0.39 is 28.8 Å². The summed E-state index contributed by atoms with van der Waals surface area (Å²) in [6.07, 6.45) is -3.47. The highest BCUT2D eigenvalue weighted by Gasteiger charge is 2.45. The molecule has 0 bridgehead atoms. The maximum atomic E-state index is 13.3. The van der Waals surface area contributed by atoms with Crippen molar-refractivity contribution >= 4 is 5.69 Å². The molecule has 0 radical (unpaired) electrons. The van der Waals surface area contributed by atoms with E-state index in [0.29, 0.717) is 5.56 Å². The van der Waals surface area contributed by atoms with Crippen LogP contribution in [0.3, 0.4) is 0 Å². The molecule has 0 aliphatic heterocycles. The molecule has 1 N–H and O–H groups in total. The number of hydrogen-bond acceptors (Lipinski definition) is 5. The zero-order chi connectivity index (χ0) is 17.4. The summed E-state index contributed by atoms with van der Waals surface area (Å²) in [6.45, 7) is 5.25. The maximum Gasteiger partial charge on any atom is 0.415 e. The lowest BCUT2D eigenvalue weighted by Gasteiger charge is -2.22. The third-order valence-electron chi connectivity index (χ3n) is 3.36. The van der Waals surface area contributed by atoms with Gasteiger partial charge in [-0.3, -0.25) is 9.59 Å². The lowest BCUT2D eigenvalue weighted by atomic mass is 10.1. The molecule has 1 heterocycles. The first kappa shape index (κ1) is 17.1. The Hall–Kier alpha value is -2.25. The standard InChI is InChI=1S/C15H16F3NO4/c1-4-22-13-10(11(20)12(13)21)19-14(15(16,17)18)9-5-8(6-23-9)7(2)3/h5-7,14,19H,4H2,1-3H3/t14-/m0/s1. The van der Waals surface area contributed by atoms with E-state index in [1.165, 1.54) is 12.3 Å². The van der Waals surface area contributed by atoms with E-state index in [1.54, 1.807) is 6.92 Å². The molecule has 1 atom stereocenters. The van der Waals surface area contributed by atoms with E-state index >= 15 is 0 Å². The Labute approximate surface area is 129 Å². The molecule has 0 fully saturated rings. The summed E-state index contributed by atoms with van der Waals surface area (Å²) >= 11 is 0. The maximum absolute atomic E-state index is 13.3. The van der Waals surface area contributed by atoms with Crippen LogP contribution < -0.4 is 20.9 Å². The van der Waals surface area contributed by atoms with Crippen LogP contribution in [0.2, 0.25) is 0 Å². The van der Waals surface area contributed by atoms with E-state index in [1.807, 2.05) is 19.2 Å². The first-order valence-electron chi connectivity index (χ1n) is 7.04. The average molecular weight is 331 g/mol. The number of rotatable bonds is 6. The summed E-state index contributed by atoms with van der Waals surface area (Å²) in [6, 6.07) is -0.959. The van der Waals surface area contributed by atoms with Crippen molar-refractivity contribution in [3.63, 3.8) is 0 Å². The Morgan fingerprint density at radius 1 is 1.26 bits per heavy atom. The minimum absolute atomic E-state index is 0.00787. The largest absolute Gasteiger partial charge is 0.488 e. The number of ether oxygens (including phenoxy) is 1. The minimum Gasteiger partial charge on any atom is -0.488 e. The van der Waals surface area contributed by atoms with Crippen LogP contribution in [0.5, 0.6) is 5.75 Å². The number of furan rings is 1. The number of halogens is 3. The molecular formula is C15H16F3NO4. The molecule has 0 unspecified atom stereocenters. The molecule has 1 aromatic carbocycles. The fourth-order valence-electron chi connectivity index (χ4n) is 2.07. The molecule has 126 valence electrons. The minimum atomic E-state index is -4.71. The Balaban J connectivity index is 2.36. The van der Waals surface area contributed by atoms with Gasteiger partial charge in [-0.2, -0.15) is 13.2 Å².